The van der Waals surface area contributed by atoms with Crippen molar-refractivity contribution < 1.29 is 14.0 Å². The standard InChI is InChI=1S/C14H12FN3O2S/c15-8-3-1-2-6-4-5-7-10(12(16)19)13(18-14(17)20)21-11(7)9(6)8/h1-3H,4-5H2,(H2,16,19)(H3,17,18,20). The van der Waals surface area contributed by atoms with Crippen LogP contribution in [0.25, 0.3) is 10.4 Å². The van der Waals surface area contributed by atoms with Crippen LogP contribution in [0.1, 0.15) is 21.5 Å². The summed E-state index contributed by atoms with van der Waals surface area (Å²) in [6.07, 6.45) is 1.19. The van der Waals surface area contributed by atoms with Crippen molar-refractivity contribution >= 4 is 28.3 Å². The summed E-state index contributed by atoms with van der Waals surface area (Å²) in [7, 11) is 0. The molecule has 0 spiro atoms. The second-order valence-corrected chi connectivity index (χ2v) is 5.76. The number of anilines is 1. The third-order valence-electron chi connectivity index (χ3n) is 3.46. The average molecular weight is 305 g/mol. The molecule has 1 aromatic heterocycles. The van der Waals surface area contributed by atoms with Crippen molar-refractivity contribution in [3.8, 4) is 10.4 Å². The van der Waals surface area contributed by atoms with Gasteiger partial charge in [0, 0.05) is 10.4 Å². The highest BCUT2D eigenvalue weighted by Gasteiger charge is 2.29. The van der Waals surface area contributed by atoms with Gasteiger partial charge in [-0.25, -0.2) is 9.18 Å². The highest BCUT2D eigenvalue weighted by Crippen LogP contribution is 2.45. The van der Waals surface area contributed by atoms with Crippen LogP contribution in [0.4, 0.5) is 14.2 Å². The lowest BCUT2D eigenvalue weighted by Gasteiger charge is -2.17. The fourth-order valence-electron chi connectivity index (χ4n) is 2.66. The molecule has 0 unspecified atom stereocenters. The number of aryl methyl sites for hydroxylation is 1. The van der Waals surface area contributed by atoms with Gasteiger partial charge >= 0.3 is 6.03 Å². The maximum atomic E-state index is 14.1. The van der Waals surface area contributed by atoms with E-state index in [4.69, 9.17) is 11.5 Å². The molecule has 108 valence electrons. The smallest absolute Gasteiger partial charge is 0.317 e. The number of nitrogens with one attached hydrogen (secondary N) is 1. The molecule has 0 saturated heterocycles. The molecule has 0 bridgehead atoms. The van der Waals surface area contributed by atoms with Gasteiger partial charge < -0.3 is 11.5 Å². The molecule has 2 aromatic rings. The van der Waals surface area contributed by atoms with E-state index in [2.05, 4.69) is 5.32 Å². The van der Waals surface area contributed by atoms with Gasteiger partial charge in [-0.05, 0) is 30.0 Å². The molecule has 1 aromatic carbocycles. The normalized spacial score (nSPS) is 12.4. The molecule has 0 aliphatic heterocycles. The number of carbonyl (C=O) groups is 2. The van der Waals surface area contributed by atoms with E-state index in [0.717, 1.165) is 16.9 Å². The predicted molar refractivity (Wildman–Crippen MR) is 78.8 cm³/mol. The monoisotopic (exact) mass is 305 g/mol. The Bertz CT molecular complexity index is 770. The second kappa shape index (κ2) is 4.85. The first-order chi connectivity index (χ1) is 9.99. The topological polar surface area (TPSA) is 98.2 Å². The summed E-state index contributed by atoms with van der Waals surface area (Å²) in [5.41, 5.74) is 12.8. The van der Waals surface area contributed by atoms with Crippen molar-refractivity contribution in [2.45, 2.75) is 12.8 Å². The van der Waals surface area contributed by atoms with Crippen LogP contribution in [0.2, 0.25) is 0 Å². The Balaban J connectivity index is 2.26. The van der Waals surface area contributed by atoms with E-state index < -0.39 is 11.9 Å². The first-order valence-corrected chi connectivity index (χ1v) is 7.10. The highest BCUT2D eigenvalue weighted by atomic mass is 32.1. The number of hydrogen-bond acceptors (Lipinski definition) is 3. The summed E-state index contributed by atoms with van der Waals surface area (Å²) < 4.78 is 14.1. The minimum Gasteiger partial charge on any atom is -0.365 e. The number of rotatable bonds is 2. The van der Waals surface area contributed by atoms with Gasteiger partial charge in [-0.3, -0.25) is 10.1 Å². The van der Waals surface area contributed by atoms with Gasteiger partial charge in [-0.1, -0.05) is 12.1 Å². The first-order valence-electron chi connectivity index (χ1n) is 6.28. The number of amides is 3. The SMILES string of the molecule is NC(=O)Nc1sc2c(c1C(N)=O)CCc1cccc(F)c1-2. The number of carbonyl (C=O) groups excluding carboxylic acids is 2. The molecule has 0 saturated carbocycles. The number of benzene rings is 1. The van der Waals surface area contributed by atoms with E-state index in [9.17, 15) is 14.0 Å². The summed E-state index contributed by atoms with van der Waals surface area (Å²) >= 11 is 1.12. The number of nitrogens with two attached hydrogens (primary N) is 2. The molecular weight excluding hydrogens is 293 g/mol. The van der Waals surface area contributed by atoms with Crippen LogP contribution < -0.4 is 16.8 Å². The number of urea groups is 1. The molecule has 21 heavy (non-hydrogen) atoms. The Morgan fingerprint density at radius 2 is 2.00 bits per heavy atom. The number of thiophene rings is 1. The number of halogens is 1. The minimum atomic E-state index is -0.787. The van der Waals surface area contributed by atoms with Crippen LogP contribution >= 0.6 is 11.3 Å². The third kappa shape index (κ3) is 2.15. The number of hydrogen-bond donors (Lipinski definition) is 3. The summed E-state index contributed by atoms with van der Waals surface area (Å²) in [5, 5.41) is 2.67. The average Bonchev–Trinajstić information content (AvgIpc) is 2.75. The molecule has 0 atom stereocenters. The van der Waals surface area contributed by atoms with Gasteiger partial charge in [-0.2, -0.15) is 0 Å². The van der Waals surface area contributed by atoms with Crippen molar-refractivity contribution in [3.63, 3.8) is 0 Å². The molecule has 5 N–H and O–H groups in total. The fourth-order valence-corrected chi connectivity index (χ4v) is 4.00. The van der Waals surface area contributed by atoms with E-state index in [1.54, 1.807) is 6.07 Å². The Hall–Kier alpha value is -2.41. The highest BCUT2D eigenvalue weighted by molar-refractivity contribution is 7.20. The minimum absolute atomic E-state index is 0.225. The Labute approximate surface area is 123 Å². The third-order valence-corrected chi connectivity index (χ3v) is 4.63. The van der Waals surface area contributed by atoms with E-state index in [0.29, 0.717) is 28.8 Å². The number of fused-ring (bicyclic) bond motifs is 3. The van der Waals surface area contributed by atoms with Gasteiger partial charge in [-0.15, -0.1) is 11.3 Å². The van der Waals surface area contributed by atoms with Crippen molar-refractivity contribution in [3.05, 3.63) is 40.7 Å². The summed E-state index contributed by atoms with van der Waals surface area (Å²) in [5.74, 6) is -1.01. The Morgan fingerprint density at radius 3 is 2.67 bits per heavy atom. The van der Waals surface area contributed by atoms with Crippen molar-refractivity contribution in [1.82, 2.24) is 0 Å². The summed E-state index contributed by atoms with van der Waals surface area (Å²) in [6.45, 7) is 0. The fraction of sp³-hybridized carbons (Fsp3) is 0.143. The van der Waals surface area contributed by atoms with Crippen LogP contribution in [-0.2, 0) is 12.8 Å². The molecule has 1 aliphatic carbocycles. The molecule has 1 aliphatic rings. The largest absolute Gasteiger partial charge is 0.365 e. The molecule has 1 heterocycles. The van der Waals surface area contributed by atoms with E-state index in [1.807, 2.05) is 6.07 Å². The molecule has 3 rings (SSSR count). The maximum absolute atomic E-state index is 14.1. The molecule has 7 heteroatoms. The predicted octanol–water partition coefficient (Wildman–Crippen LogP) is 2.24. The zero-order chi connectivity index (χ0) is 15.1. The lowest BCUT2D eigenvalue weighted by molar-refractivity contribution is 0.100. The van der Waals surface area contributed by atoms with E-state index >= 15 is 0 Å². The summed E-state index contributed by atoms with van der Waals surface area (Å²) in [4.78, 5) is 23.4. The van der Waals surface area contributed by atoms with Crippen LogP contribution in [0.5, 0.6) is 0 Å². The molecule has 3 amide bonds. The van der Waals surface area contributed by atoms with E-state index in [-0.39, 0.29) is 16.4 Å². The van der Waals surface area contributed by atoms with Crippen LogP contribution in [0, 0.1) is 5.82 Å². The molecule has 0 fully saturated rings. The lowest BCUT2D eigenvalue weighted by Crippen LogP contribution is -2.22. The van der Waals surface area contributed by atoms with Crippen LogP contribution in [0.15, 0.2) is 18.2 Å². The van der Waals surface area contributed by atoms with Gasteiger partial charge in [0.15, 0.2) is 0 Å². The molecule has 5 nitrogen and oxygen atoms in total. The van der Waals surface area contributed by atoms with Gasteiger partial charge in [0.1, 0.15) is 10.8 Å². The van der Waals surface area contributed by atoms with Crippen molar-refractivity contribution in [2.24, 2.45) is 11.5 Å². The Kier molecular flexibility index (Phi) is 3.13. The lowest BCUT2D eigenvalue weighted by atomic mass is 9.89. The quantitative estimate of drug-likeness (QED) is 0.793. The molecule has 0 radical (unpaired) electrons. The zero-order valence-corrected chi connectivity index (χ0v) is 11.7. The van der Waals surface area contributed by atoms with Gasteiger partial charge in [0.25, 0.3) is 5.91 Å². The van der Waals surface area contributed by atoms with Crippen molar-refractivity contribution in [1.29, 1.82) is 0 Å². The van der Waals surface area contributed by atoms with Crippen LogP contribution in [-0.4, -0.2) is 11.9 Å². The Morgan fingerprint density at radius 1 is 1.24 bits per heavy atom. The summed E-state index contributed by atoms with van der Waals surface area (Å²) in [6, 6.07) is 4.10. The second-order valence-electron chi connectivity index (χ2n) is 4.74. The van der Waals surface area contributed by atoms with Crippen LogP contribution in [0.3, 0.4) is 0 Å². The van der Waals surface area contributed by atoms with Crippen molar-refractivity contribution in [2.75, 3.05) is 5.32 Å². The molecular formula is C14H12FN3O2S. The maximum Gasteiger partial charge on any atom is 0.317 e. The van der Waals surface area contributed by atoms with Gasteiger partial charge in [0.2, 0.25) is 0 Å². The first kappa shape index (κ1) is 13.6. The van der Waals surface area contributed by atoms with Gasteiger partial charge in [0.05, 0.1) is 5.56 Å². The van der Waals surface area contributed by atoms with E-state index in [1.165, 1.54) is 6.07 Å². The zero-order valence-electron chi connectivity index (χ0n) is 10.9. The number of primary amides is 2.